The van der Waals surface area contributed by atoms with E-state index in [1.54, 1.807) is 11.3 Å². The molecular weight excluding hydrogens is 244 g/mol. The highest BCUT2D eigenvalue weighted by Gasteiger charge is 2.37. The highest BCUT2D eigenvalue weighted by atomic mass is 32.1. The molecule has 1 amide bonds. The number of thiophene rings is 1. The van der Waals surface area contributed by atoms with Gasteiger partial charge in [-0.15, -0.1) is 11.3 Å². The van der Waals surface area contributed by atoms with Gasteiger partial charge in [0.05, 0.1) is 6.54 Å². The molecule has 1 aromatic heterocycles. The summed E-state index contributed by atoms with van der Waals surface area (Å²) in [7, 11) is 0. The molecule has 1 aromatic rings. The molecular formula is C14H22N2OS. The summed E-state index contributed by atoms with van der Waals surface area (Å²) in [6.45, 7) is 7.06. The molecule has 0 aromatic carbocycles. The molecule has 18 heavy (non-hydrogen) atoms. The summed E-state index contributed by atoms with van der Waals surface area (Å²) in [5.74, 6) is 0.809. The van der Waals surface area contributed by atoms with Crippen LogP contribution in [0.15, 0.2) is 17.5 Å². The maximum atomic E-state index is 12.1. The largest absolute Gasteiger partial charge is 0.318 e. The number of amides is 1. The van der Waals surface area contributed by atoms with Crippen molar-refractivity contribution >= 4 is 17.2 Å². The number of rotatable bonds is 5. The van der Waals surface area contributed by atoms with E-state index in [2.05, 4.69) is 37.5 Å². The van der Waals surface area contributed by atoms with E-state index in [0.29, 0.717) is 18.5 Å². The lowest BCUT2D eigenvalue weighted by atomic mass is 9.94. The minimum atomic E-state index is 0.0769. The maximum absolute atomic E-state index is 12.1. The molecule has 100 valence electrons. The van der Waals surface area contributed by atoms with Crippen LogP contribution in [0.1, 0.15) is 44.7 Å². The van der Waals surface area contributed by atoms with Gasteiger partial charge in [-0.3, -0.25) is 10.1 Å². The first kappa shape index (κ1) is 13.6. The highest BCUT2D eigenvalue weighted by molar-refractivity contribution is 7.10. The second kappa shape index (κ2) is 5.85. The van der Waals surface area contributed by atoms with Crippen LogP contribution in [0.2, 0.25) is 0 Å². The average molecular weight is 266 g/mol. The van der Waals surface area contributed by atoms with Crippen molar-refractivity contribution in [2.45, 2.75) is 45.8 Å². The first-order valence-electron chi connectivity index (χ1n) is 6.77. The van der Waals surface area contributed by atoms with Gasteiger partial charge >= 0.3 is 0 Å². The molecule has 0 spiro atoms. The van der Waals surface area contributed by atoms with Crippen LogP contribution in [0.3, 0.4) is 0 Å². The molecule has 2 rings (SSSR count). The Hall–Kier alpha value is -0.870. The third-order valence-corrected chi connectivity index (χ3v) is 4.92. The number of hydrogen-bond acceptors (Lipinski definition) is 3. The fraction of sp³-hybridized carbons (Fsp3) is 0.643. The smallest absolute Gasteiger partial charge is 0.238 e. The van der Waals surface area contributed by atoms with Gasteiger partial charge in [0.25, 0.3) is 0 Å². The number of carbonyl (C=O) groups is 1. The molecule has 4 heteroatoms. The summed E-state index contributed by atoms with van der Waals surface area (Å²) in [5.41, 5.74) is 0. The molecule has 2 atom stereocenters. The fourth-order valence-electron chi connectivity index (χ4n) is 2.86. The van der Waals surface area contributed by atoms with Gasteiger partial charge in [0.1, 0.15) is 6.17 Å². The average Bonchev–Trinajstić information content (AvgIpc) is 2.98. The second-order valence-corrected chi connectivity index (χ2v) is 5.90. The Balaban J connectivity index is 2.20. The molecule has 2 unspecified atom stereocenters. The Morgan fingerprint density at radius 1 is 1.50 bits per heavy atom. The van der Waals surface area contributed by atoms with Gasteiger partial charge in [0.15, 0.2) is 0 Å². The third kappa shape index (κ3) is 2.45. The van der Waals surface area contributed by atoms with Crippen molar-refractivity contribution in [3.8, 4) is 0 Å². The van der Waals surface area contributed by atoms with Crippen LogP contribution >= 0.6 is 11.3 Å². The van der Waals surface area contributed by atoms with Crippen LogP contribution in [0.4, 0.5) is 0 Å². The molecule has 1 fully saturated rings. The fourth-order valence-corrected chi connectivity index (χ4v) is 3.66. The monoisotopic (exact) mass is 266 g/mol. The van der Waals surface area contributed by atoms with Crippen LogP contribution in [0.5, 0.6) is 0 Å². The topological polar surface area (TPSA) is 32.3 Å². The van der Waals surface area contributed by atoms with E-state index in [-0.39, 0.29) is 12.1 Å². The molecule has 1 N–H and O–H groups in total. The van der Waals surface area contributed by atoms with E-state index in [9.17, 15) is 4.79 Å². The number of carbonyl (C=O) groups excluding carboxylic acids is 1. The molecule has 0 bridgehead atoms. The van der Waals surface area contributed by atoms with Gasteiger partial charge in [-0.1, -0.05) is 32.8 Å². The van der Waals surface area contributed by atoms with Crippen LogP contribution in [-0.2, 0) is 4.79 Å². The normalized spacial score (nSPS) is 21.9. The standard InChI is InChI=1S/C14H22N2OS/c1-4-11(5-2)10(3)16-13(17)9-15-14(16)12-7-6-8-18-12/h6-8,10-11,14-15H,4-5,9H2,1-3H3. The van der Waals surface area contributed by atoms with Crippen LogP contribution in [-0.4, -0.2) is 23.4 Å². The van der Waals surface area contributed by atoms with Gasteiger partial charge < -0.3 is 4.90 Å². The van der Waals surface area contributed by atoms with Crippen molar-refractivity contribution < 1.29 is 4.79 Å². The third-order valence-electron chi connectivity index (χ3n) is 4.00. The van der Waals surface area contributed by atoms with Gasteiger partial charge in [-0.05, 0) is 24.3 Å². The summed E-state index contributed by atoms with van der Waals surface area (Å²) < 4.78 is 0. The summed E-state index contributed by atoms with van der Waals surface area (Å²) in [6.07, 6.45) is 2.32. The van der Waals surface area contributed by atoms with E-state index in [4.69, 9.17) is 0 Å². The SMILES string of the molecule is CCC(CC)C(C)N1C(=O)CNC1c1cccs1. The summed E-state index contributed by atoms with van der Waals surface area (Å²) in [4.78, 5) is 15.4. The zero-order chi connectivity index (χ0) is 13.1. The van der Waals surface area contributed by atoms with Crippen LogP contribution in [0.25, 0.3) is 0 Å². The second-order valence-electron chi connectivity index (χ2n) is 4.92. The van der Waals surface area contributed by atoms with Crippen molar-refractivity contribution in [1.82, 2.24) is 10.2 Å². The molecule has 0 radical (unpaired) electrons. The van der Waals surface area contributed by atoms with Gasteiger partial charge in [-0.25, -0.2) is 0 Å². The van der Waals surface area contributed by atoms with E-state index >= 15 is 0 Å². The first-order valence-corrected chi connectivity index (χ1v) is 7.64. The Morgan fingerprint density at radius 3 is 2.78 bits per heavy atom. The lowest BCUT2D eigenvalue weighted by molar-refractivity contribution is -0.131. The molecule has 3 nitrogen and oxygen atoms in total. The zero-order valence-corrected chi connectivity index (χ0v) is 12.2. The highest BCUT2D eigenvalue weighted by Crippen LogP contribution is 2.31. The van der Waals surface area contributed by atoms with E-state index in [1.165, 1.54) is 4.88 Å². The zero-order valence-electron chi connectivity index (χ0n) is 11.3. The van der Waals surface area contributed by atoms with Gasteiger partial charge in [-0.2, -0.15) is 0 Å². The number of nitrogens with zero attached hydrogens (tertiary/aromatic N) is 1. The predicted molar refractivity (Wildman–Crippen MR) is 75.4 cm³/mol. The molecule has 0 saturated carbocycles. The number of nitrogens with one attached hydrogen (secondary N) is 1. The lowest BCUT2D eigenvalue weighted by Gasteiger charge is -2.34. The molecule has 0 aliphatic carbocycles. The summed E-state index contributed by atoms with van der Waals surface area (Å²) in [5, 5.41) is 5.40. The van der Waals surface area contributed by atoms with E-state index in [1.807, 2.05) is 11.0 Å². The Morgan fingerprint density at radius 2 is 2.22 bits per heavy atom. The maximum Gasteiger partial charge on any atom is 0.238 e. The molecule has 1 aliphatic heterocycles. The minimum absolute atomic E-state index is 0.0769. The van der Waals surface area contributed by atoms with Crippen LogP contribution < -0.4 is 5.32 Å². The van der Waals surface area contributed by atoms with Crippen molar-refractivity contribution in [2.75, 3.05) is 6.54 Å². The predicted octanol–water partition coefficient (Wildman–Crippen LogP) is 3.00. The van der Waals surface area contributed by atoms with E-state index < -0.39 is 0 Å². The van der Waals surface area contributed by atoms with Gasteiger partial charge in [0, 0.05) is 10.9 Å². The molecule has 1 aliphatic rings. The van der Waals surface area contributed by atoms with Crippen molar-refractivity contribution in [3.05, 3.63) is 22.4 Å². The van der Waals surface area contributed by atoms with Crippen LogP contribution in [0, 0.1) is 5.92 Å². The minimum Gasteiger partial charge on any atom is -0.318 e. The van der Waals surface area contributed by atoms with Crippen molar-refractivity contribution in [1.29, 1.82) is 0 Å². The Bertz CT molecular complexity index is 387. The molecule has 2 heterocycles. The Kier molecular flexibility index (Phi) is 4.40. The Labute approximate surface area is 113 Å². The lowest BCUT2D eigenvalue weighted by Crippen LogP contribution is -2.41. The first-order chi connectivity index (χ1) is 8.69. The number of hydrogen-bond donors (Lipinski definition) is 1. The van der Waals surface area contributed by atoms with Crippen molar-refractivity contribution in [3.63, 3.8) is 0 Å². The van der Waals surface area contributed by atoms with Gasteiger partial charge in [0.2, 0.25) is 5.91 Å². The van der Waals surface area contributed by atoms with Crippen molar-refractivity contribution in [2.24, 2.45) is 5.92 Å². The van der Waals surface area contributed by atoms with E-state index in [0.717, 1.165) is 12.8 Å². The summed E-state index contributed by atoms with van der Waals surface area (Å²) in [6, 6.07) is 4.45. The molecule has 1 saturated heterocycles. The quantitative estimate of drug-likeness (QED) is 0.888. The summed E-state index contributed by atoms with van der Waals surface area (Å²) >= 11 is 1.71.